The number of carbonyl (C=O) groups excluding carboxylic acids is 1. The summed E-state index contributed by atoms with van der Waals surface area (Å²) in [6.07, 6.45) is 1.62. The van der Waals surface area contributed by atoms with Crippen molar-refractivity contribution in [2.24, 2.45) is 7.05 Å². The van der Waals surface area contributed by atoms with E-state index in [2.05, 4.69) is 9.84 Å². The zero-order chi connectivity index (χ0) is 8.43. The van der Waals surface area contributed by atoms with Gasteiger partial charge < -0.3 is 4.74 Å². The Kier molecular flexibility index (Phi) is 2.48. The van der Waals surface area contributed by atoms with E-state index in [0.717, 1.165) is 3.57 Å². The molecular weight excluding hydrogens is 259 g/mol. The lowest BCUT2D eigenvalue weighted by molar-refractivity contribution is 0.0587. The number of hydrogen-bond donors (Lipinski definition) is 0. The van der Waals surface area contributed by atoms with E-state index in [4.69, 9.17) is 0 Å². The normalized spacial score (nSPS) is 9.73. The lowest BCUT2D eigenvalue weighted by Crippen LogP contribution is -2.09. The number of esters is 1. The molecule has 5 heteroatoms. The Labute approximate surface area is 77.7 Å². The lowest BCUT2D eigenvalue weighted by atomic mass is 10.4. The molecule has 0 fully saturated rings. The van der Waals surface area contributed by atoms with Crippen LogP contribution in [0, 0.1) is 3.57 Å². The van der Waals surface area contributed by atoms with Crippen molar-refractivity contribution in [3.05, 3.63) is 15.5 Å². The minimum Gasteiger partial charge on any atom is -0.464 e. The number of aryl methyl sites for hydroxylation is 1. The number of halogens is 1. The minimum atomic E-state index is -0.352. The number of carbonyl (C=O) groups is 1. The van der Waals surface area contributed by atoms with Crippen molar-refractivity contribution < 1.29 is 9.53 Å². The topological polar surface area (TPSA) is 44.1 Å². The van der Waals surface area contributed by atoms with E-state index in [1.165, 1.54) is 11.8 Å². The van der Waals surface area contributed by atoms with Gasteiger partial charge in [0.25, 0.3) is 0 Å². The summed E-state index contributed by atoms with van der Waals surface area (Å²) in [6.45, 7) is 0. The molecule has 0 spiro atoms. The molecule has 0 unspecified atom stereocenters. The molecule has 0 aliphatic heterocycles. The van der Waals surface area contributed by atoms with Gasteiger partial charge in [-0.2, -0.15) is 5.10 Å². The standard InChI is InChI=1S/C6H7IN2O2/c1-9-5(6(10)11-2)4(7)3-8-9/h3H,1-2H3. The second-order valence-electron chi connectivity index (χ2n) is 1.96. The molecule has 0 aromatic carbocycles. The van der Waals surface area contributed by atoms with E-state index in [0.29, 0.717) is 5.69 Å². The van der Waals surface area contributed by atoms with E-state index in [9.17, 15) is 4.79 Å². The second kappa shape index (κ2) is 3.21. The van der Waals surface area contributed by atoms with Crippen LogP contribution in [-0.2, 0) is 11.8 Å². The molecule has 1 heterocycles. The highest BCUT2D eigenvalue weighted by Gasteiger charge is 2.14. The van der Waals surface area contributed by atoms with Crippen LogP contribution in [0.3, 0.4) is 0 Å². The summed E-state index contributed by atoms with van der Waals surface area (Å²) in [5.74, 6) is -0.352. The Morgan fingerprint density at radius 2 is 2.45 bits per heavy atom. The molecule has 11 heavy (non-hydrogen) atoms. The van der Waals surface area contributed by atoms with E-state index in [-0.39, 0.29) is 5.97 Å². The molecule has 0 aliphatic rings. The molecule has 4 nitrogen and oxygen atoms in total. The first-order valence-corrected chi connectivity index (χ1v) is 4.00. The summed E-state index contributed by atoms with van der Waals surface area (Å²) in [6, 6.07) is 0. The van der Waals surface area contributed by atoms with Gasteiger partial charge in [-0.3, -0.25) is 4.68 Å². The lowest BCUT2D eigenvalue weighted by Gasteiger charge is -1.98. The first kappa shape index (κ1) is 8.51. The highest BCUT2D eigenvalue weighted by atomic mass is 127. The number of hydrogen-bond acceptors (Lipinski definition) is 3. The summed E-state index contributed by atoms with van der Waals surface area (Å²) in [5.41, 5.74) is 0.494. The molecule has 0 bridgehead atoms. The van der Waals surface area contributed by atoms with Crippen LogP contribution in [-0.4, -0.2) is 22.9 Å². The van der Waals surface area contributed by atoms with Crippen LogP contribution >= 0.6 is 22.6 Å². The van der Waals surface area contributed by atoms with Crippen LogP contribution in [0.15, 0.2) is 6.20 Å². The van der Waals surface area contributed by atoms with Crippen LogP contribution in [0.25, 0.3) is 0 Å². The second-order valence-corrected chi connectivity index (χ2v) is 3.12. The summed E-state index contributed by atoms with van der Waals surface area (Å²) in [4.78, 5) is 11.0. The molecule has 1 rings (SSSR count). The van der Waals surface area contributed by atoms with Gasteiger partial charge in [0, 0.05) is 7.05 Å². The Hall–Kier alpha value is -0.590. The maximum absolute atomic E-state index is 11.0. The zero-order valence-electron chi connectivity index (χ0n) is 6.17. The average Bonchev–Trinajstić information content (AvgIpc) is 2.30. The van der Waals surface area contributed by atoms with E-state index >= 15 is 0 Å². The molecular formula is C6H7IN2O2. The summed E-state index contributed by atoms with van der Waals surface area (Å²) >= 11 is 2.04. The maximum atomic E-state index is 11.0. The molecule has 60 valence electrons. The van der Waals surface area contributed by atoms with Crippen LogP contribution in [0.4, 0.5) is 0 Å². The van der Waals surface area contributed by atoms with Crippen molar-refractivity contribution in [3.8, 4) is 0 Å². The third kappa shape index (κ3) is 1.52. The fraction of sp³-hybridized carbons (Fsp3) is 0.333. The predicted molar refractivity (Wildman–Crippen MR) is 47.3 cm³/mol. The van der Waals surface area contributed by atoms with Crippen molar-refractivity contribution >= 4 is 28.6 Å². The average molecular weight is 266 g/mol. The fourth-order valence-electron chi connectivity index (χ4n) is 0.737. The Morgan fingerprint density at radius 3 is 2.82 bits per heavy atom. The van der Waals surface area contributed by atoms with Gasteiger partial charge in [-0.15, -0.1) is 0 Å². The third-order valence-electron chi connectivity index (χ3n) is 1.27. The molecule has 0 N–H and O–H groups in total. The van der Waals surface area contributed by atoms with Crippen LogP contribution in [0.1, 0.15) is 10.5 Å². The van der Waals surface area contributed by atoms with E-state index in [1.807, 2.05) is 22.6 Å². The number of ether oxygens (including phenoxy) is 1. The third-order valence-corrected chi connectivity index (χ3v) is 2.06. The largest absolute Gasteiger partial charge is 0.464 e. The molecule has 0 saturated carbocycles. The van der Waals surface area contributed by atoms with Gasteiger partial charge in [0.05, 0.1) is 16.9 Å². The summed E-state index contributed by atoms with van der Waals surface area (Å²) in [5, 5.41) is 3.89. The van der Waals surface area contributed by atoms with E-state index < -0.39 is 0 Å². The highest BCUT2D eigenvalue weighted by Crippen LogP contribution is 2.10. The summed E-state index contributed by atoms with van der Waals surface area (Å²) < 4.78 is 6.85. The first-order chi connectivity index (χ1) is 5.16. The van der Waals surface area contributed by atoms with Crippen molar-refractivity contribution in [3.63, 3.8) is 0 Å². The highest BCUT2D eigenvalue weighted by molar-refractivity contribution is 14.1. The Morgan fingerprint density at radius 1 is 1.82 bits per heavy atom. The zero-order valence-corrected chi connectivity index (χ0v) is 8.32. The Bertz CT molecular complexity index is 263. The van der Waals surface area contributed by atoms with Gasteiger partial charge in [0.2, 0.25) is 0 Å². The maximum Gasteiger partial charge on any atom is 0.357 e. The monoisotopic (exact) mass is 266 g/mol. The van der Waals surface area contributed by atoms with Crippen LogP contribution in [0.5, 0.6) is 0 Å². The van der Waals surface area contributed by atoms with Crippen molar-refractivity contribution in [2.45, 2.75) is 0 Å². The first-order valence-electron chi connectivity index (χ1n) is 2.92. The molecule has 0 saturated heterocycles. The van der Waals surface area contributed by atoms with Gasteiger partial charge in [-0.1, -0.05) is 0 Å². The van der Waals surface area contributed by atoms with Gasteiger partial charge in [-0.05, 0) is 22.6 Å². The number of rotatable bonds is 1. The van der Waals surface area contributed by atoms with E-state index in [1.54, 1.807) is 13.2 Å². The summed E-state index contributed by atoms with van der Waals surface area (Å²) in [7, 11) is 3.06. The smallest absolute Gasteiger partial charge is 0.357 e. The quantitative estimate of drug-likeness (QED) is 0.558. The SMILES string of the molecule is COC(=O)c1c(I)cnn1C. The van der Waals surface area contributed by atoms with Gasteiger partial charge in [0.15, 0.2) is 5.69 Å². The number of nitrogens with zero attached hydrogens (tertiary/aromatic N) is 2. The van der Waals surface area contributed by atoms with Crippen LogP contribution in [0.2, 0.25) is 0 Å². The molecule has 0 radical (unpaired) electrons. The molecule has 1 aromatic heterocycles. The van der Waals surface area contributed by atoms with Gasteiger partial charge in [-0.25, -0.2) is 4.79 Å². The molecule has 0 atom stereocenters. The number of aromatic nitrogens is 2. The molecule has 0 aliphatic carbocycles. The van der Waals surface area contributed by atoms with Crippen molar-refractivity contribution in [1.29, 1.82) is 0 Å². The Balaban J connectivity index is 3.10. The molecule has 0 amide bonds. The fourth-order valence-corrected chi connectivity index (χ4v) is 1.43. The van der Waals surface area contributed by atoms with Gasteiger partial charge >= 0.3 is 5.97 Å². The molecule has 1 aromatic rings. The van der Waals surface area contributed by atoms with Gasteiger partial charge in [0.1, 0.15) is 0 Å². The predicted octanol–water partition coefficient (Wildman–Crippen LogP) is 0.811. The van der Waals surface area contributed by atoms with Crippen molar-refractivity contribution in [1.82, 2.24) is 9.78 Å². The number of methoxy groups -OCH3 is 1. The van der Waals surface area contributed by atoms with Crippen molar-refractivity contribution in [2.75, 3.05) is 7.11 Å². The minimum absolute atomic E-state index is 0.352. The van der Waals surface area contributed by atoms with Crippen LogP contribution < -0.4 is 0 Å².